The predicted octanol–water partition coefficient (Wildman–Crippen LogP) is 5.44. The lowest BCUT2D eigenvalue weighted by atomic mass is 9.97. The van der Waals surface area contributed by atoms with Crippen LogP contribution in [0.25, 0.3) is 23.3 Å². The van der Waals surface area contributed by atoms with Gasteiger partial charge in [-0.25, -0.2) is 9.07 Å². The van der Waals surface area contributed by atoms with E-state index in [-0.39, 0.29) is 11.4 Å². The van der Waals surface area contributed by atoms with E-state index >= 15 is 0 Å². The molecule has 3 aromatic carbocycles. The van der Waals surface area contributed by atoms with Crippen molar-refractivity contribution in [3.05, 3.63) is 117 Å². The zero-order valence-corrected chi connectivity index (χ0v) is 22.1. The molecule has 1 saturated heterocycles. The lowest BCUT2D eigenvalue weighted by Gasteiger charge is -2.26. The highest BCUT2D eigenvalue weighted by molar-refractivity contribution is 5.84. The largest absolute Gasteiger partial charge is 0.488 e. The fraction of sp³-hybridized carbons (Fsp3) is 0.250. The molecule has 5 rings (SSSR count). The fourth-order valence-corrected chi connectivity index (χ4v) is 4.75. The Morgan fingerprint density at radius 2 is 1.72 bits per heavy atom. The molecule has 4 aromatic rings. The molecule has 0 aliphatic carbocycles. The first-order chi connectivity index (χ1) is 19.1. The van der Waals surface area contributed by atoms with Crippen LogP contribution in [0, 0.1) is 12.7 Å². The summed E-state index contributed by atoms with van der Waals surface area (Å²) < 4.78 is 27.1. The van der Waals surface area contributed by atoms with Gasteiger partial charge >= 0.3 is 0 Å². The minimum absolute atomic E-state index is 0.200. The van der Waals surface area contributed by atoms with E-state index in [1.54, 1.807) is 24.3 Å². The molecule has 0 saturated carbocycles. The first-order valence-corrected chi connectivity index (χ1v) is 13.2. The summed E-state index contributed by atoms with van der Waals surface area (Å²) in [5.41, 5.74) is 4.22. The number of rotatable bonds is 9. The third-order valence-electron chi connectivity index (χ3n) is 6.78. The van der Waals surface area contributed by atoms with E-state index in [2.05, 4.69) is 4.90 Å². The monoisotopic (exact) mass is 525 g/mol. The normalized spacial score (nSPS) is 14.1. The summed E-state index contributed by atoms with van der Waals surface area (Å²) in [5, 5.41) is 4.72. The van der Waals surface area contributed by atoms with E-state index in [9.17, 15) is 9.18 Å². The number of morpholine rings is 1. The molecule has 39 heavy (non-hydrogen) atoms. The molecule has 0 amide bonds. The lowest BCUT2D eigenvalue weighted by molar-refractivity contribution is 0.0358. The maximum absolute atomic E-state index is 13.9. The minimum atomic E-state index is -0.328. The van der Waals surface area contributed by atoms with Crippen molar-refractivity contribution in [3.63, 3.8) is 0 Å². The van der Waals surface area contributed by atoms with Gasteiger partial charge in [0.1, 0.15) is 18.2 Å². The van der Waals surface area contributed by atoms with E-state index < -0.39 is 0 Å². The number of hydrogen-bond donors (Lipinski definition) is 0. The minimum Gasteiger partial charge on any atom is -0.488 e. The molecule has 6 nitrogen and oxygen atoms in total. The second kappa shape index (κ2) is 12.7. The van der Waals surface area contributed by atoms with Crippen LogP contribution in [0.3, 0.4) is 0 Å². The molecule has 1 aliphatic heterocycles. The summed E-state index contributed by atoms with van der Waals surface area (Å²) in [6.45, 7) is 6.55. The van der Waals surface area contributed by atoms with Crippen molar-refractivity contribution in [3.8, 4) is 16.9 Å². The van der Waals surface area contributed by atoms with Gasteiger partial charge in [-0.3, -0.25) is 9.69 Å². The molecule has 0 spiro atoms. The van der Waals surface area contributed by atoms with Crippen LogP contribution in [0.5, 0.6) is 5.75 Å². The summed E-state index contributed by atoms with van der Waals surface area (Å²) >= 11 is 0. The van der Waals surface area contributed by atoms with E-state index in [1.165, 1.54) is 16.8 Å². The standard InChI is InChI=1S/C32H32FN3O3/c1-24-31(28-12-5-6-13-30(28)39-23-26-8-3-2-4-9-26)29(15-14-25-10-7-11-27(33)22-25)32(37)36(34-24)17-16-35-18-20-38-21-19-35/h2-15,22H,16-21,23H2,1H3. The Hall–Kier alpha value is -4.07. The van der Waals surface area contributed by atoms with Crippen molar-refractivity contribution in [2.75, 3.05) is 32.8 Å². The number of aryl methyl sites for hydroxylation is 1. The molecule has 1 aliphatic rings. The Balaban J connectivity index is 1.54. The van der Waals surface area contributed by atoms with Gasteiger partial charge < -0.3 is 9.47 Å². The third kappa shape index (κ3) is 6.69. The van der Waals surface area contributed by atoms with Crippen LogP contribution >= 0.6 is 0 Å². The van der Waals surface area contributed by atoms with Crippen LogP contribution in [0.15, 0.2) is 83.7 Å². The molecule has 1 aromatic heterocycles. The van der Waals surface area contributed by atoms with E-state index in [0.717, 1.165) is 24.2 Å². The molecule has 2 heterocycles. The van der Waals surface area contributed by atoms with Gasteiger partial charge in [0.25, 0.3) is 5.56 Å². The average Bonchev–Trinajstić information content (AvgIpc) is 2.97. The van der Waals surface area contributed by atoms with Crippen molar-refractivity contribution >= 4 is 12.2 Å². The van der Waals surface area contributed by atoms with Gasteiger partial charge in [-0.05, 0) is 42.3 Å². The summed E-state index contributed by atoms with van der Waals surface area (Å²) in [4.78, 5) is 16.1. The van der Waals surface area contributed by atoms with Crippen molar-refractivity contribution in [2.45, 2.75) is 20.1 Å². The Bertz CT molecular complexity index is 1490. The second-order valence-electron chi connectivity index (χ2n) is 9.52. The first kappa shape index (κ1) is 26.5. The van der Waals surface area contributed by atoms with Crippen LogP contribution in [-0.4, -0.2) is 47.5 Å². The van der Waals surface area contributed by atoms with E-state index in [0.29, 0.717) is 61.0 Å². The van der Waals surface area contributed by atoms with Crippen molar-refractivity contribution in [1.82, 2.24) is 14.7 Å². The number of ether oxygens (including phenoxy) is 2. The number of aromatic nitrogens is 2. The van der Waals surface area contributed by atoms with Crippen LogP contribution in [-0.2, 0) is 17.9 Å². The molecular formula is C32H32FN3O3. The topological polar surface area (TPSA) is 56.6 Å². The molecule has 0 radical (unpaired) electrons. The van der Waals surface area contributed by atoms with Gasteiger partial charge in [0.15, 0.2) is 0 Å². The smallest absolute Gasteiger partial charge is 0.274 e. The Labute approximate surface area is 227 Å². The van der Waals surface area contributed by atoms with Crippen LogP contribution in [0.4, 0.5) is 4.39 Å². The highest BCUT2D eigenvalue weighted by Crippen LogP contribution is 2.34. The molecule has 0 bridgehead atoms. The molecule has 0 unspecified atom stereocenters. The number of benzene rings is 3. The number of hydrogen-bond acceptors (Lipinski definition) is 5. The van der Waals surface area contributed by atoms with Gasteiger partial charge in [-0.1, -0.05) is 66.7 Å². The molecule has 200 valence electrons. The summed E-state index contributed by atoms with van der Waals surface area (Å²) in [5.74, 6) is 0.336. The van der Waals surface area contributed by atoms with Gasteiger partial charge in [-0.15, -0.1) is 0 Å². The second-order valence-corrected chi connectivity index (χ2v) is 9.52. The zero-order valence-electron chi connectivity index (χ0n) is 22.1. The van der Waals surface area contributed by atoms with Crippen molar-refractivity contribution < 1.29 is 13.9 Å². The molecular weight excluding hydrogens is 493 g/mol. The zero-order chi connectivity index (χ0) is 27.0. The maximum atomic E-state index is 13.9. The predicted molar refractivity (Wildman–Crippen MR) is 152 cm³/mol. The van der Waals surface area contributed by atoms with E-state index in [4.69, 9.17) is 14.6 Å². The third-order valence-corrected chi connectivity index (χ3v) is 6.78. The highest BCUT2D eigenvalue weighted by Gasteiger charge is 2.19. The van der Waals surface area contributed by atoms with Crippen molar-refractivity contribution in [2.24, 2.45) is 0 Å². The Kier molecular flexibility index (Phi) is 8.61. The Morgan fingerprint density at radius 3 is 2.51 bits per heavy atom. The Morgan fingerprint density at radius 1 is 0.949 bits per heavy atom. The van der Waals surface area contributed by atoms with Gasteiger partial charge in [-0.2, -0.15) is 5.10 Å². The average molecular weight is 526 g/mol. The lowest BCUT2D eigenvalue weighted by Crippen LogP contribution is -2.40. The number of nitrogens with zero attached hydrogens (tertiary/aromatic N) is 3. The van der Waals surface area contributed by atoms with Gasteiger partial charge in [0.05, 0.1) is 31.0 Å². The summed E-state index contributed by atoms with van der Waals surface area (Å²) in [6, 6.07) is 23.9. The van der Waals surface area contributed by atoms with Gasteiger partial charge in [0, 0.05) is 30.8 Å². The van der Waals surface area contributed by atoms with Crippen LogP contribution in [0.1, 0.15) is 22.4 Å². The summed E-state index contributed by atoms with van der Waals surface area (Å²) in [6.07, 6.45) is 3.53. The van der Waals surface area contributed by atoms with Crippen molar-refractivity contribution in [1.29, 1.82) is 0 Å². The van der Waals surface area contributed by atoms with Crippen LogP contribution < -0.4 is 10.3 Å². The maximum Gasteiger partial charge on any atom is 0.274 e. The molecule has 7 heteroatoms. The molecule has 0 atom stereocenters. The SMILES string of the molecule is Cc1nn(CCN2CCOCC2)c(=O)c(C=Cc2cccc(F)c2)c1-c1ccccc1OCc1ccccc1. The first-order valence-electron chi connectivity index (χ1n) is 13.2. The number of halogens is 1. The fourth-order valence-electron chi connectivity index (χ4n) is 4.75. The van der Waals surface area contributed by atoms with E-state index in [1.807, 2.05) is 61.5 Å². The number of para-hydroxylation sites is 1. The molecule has 0 N–H and O–H groups in total. The van der Waals surface area contributed by atoms with Crippen LogP contribution in [0.2, 0.25) is 0 Å². The summed E-state index contributed by atoms with van der Waals surface area (Å²) in [7, 11) is 0. The van der Waals surface area contributed by atoms with Gasteiger partial charge in [0.2, 0.25) is 0 Å². The highest BCUT2D eigenvalue weighted by atomic mass is 19.1. The molecule has 1 fully saturated rings. The quantitative estimate of drug-likeness (QED) is 0.291.